The van der Waals surface area contributed by atoms with Crippen LogP contribution in [0.15, 0.2) is 18.2 Å². The lowest BCUT2D eigenvalue weighted by Crippen LogP contribution is -2.41. The summed E-state index contributed by atoms with van der Waals surface area (Å²) >= 11 is 6.17. The van der Waals surface area contributed by atoms with Crippen molar-refractivity contribution in [3.05, 3.63) is 28.8 Å². The molecular formula is C17H19ClN2O5. The highest BCUT2D eigenvalue weighted by Gasteiger charge is 2.23. The molecular weight excluding hydrogens is 348 g/mol. The highest BCUT2D eigenvalue weighted by Crippen LogP contribution is 2.38. The van der Waals surface area contributed by atoms with Crippen molar-refractivity contribution in [2.75, 3.05) is 32.9 Å². The molecule has 1 N–H and O–H groups in total. The molecule has 1 atom stereocenters. The SMILES string of the molecule is C[C@@H](CN1CCOC1=O)NC(=O)/C=C/c1cc(Cl)c2c(c1)OCCO2. The van der Waals surface area contributed by atoms with Crippen molar-refractivity contribution >= 4 is 29.7 Å². The number of benzene rings is 1. The first-order valence-corrected chi connectivity index (χ1v) is 8.40. The molecule has 2 aliphatic rings. The van der Waals surface area contributed by atoms with Crippen molar-refractivity contribution in [3.8, 4) is 11.5 Å². The molecule has 1 aromatic rings. The zero-order valence-corrected chi connectivity index (χ0v) is 14.5. The Hall–Kier alpha value is -2.41. The number of carbonyl (C=O) groups is 2. The Labute approximate surface area is 150 Å². The summed E-state index contributed by atoms with van der Waals surface area (Å²) < 4.78 is 15.8. The molecule has 0 saturated carbocycles. The first-order chi connectivity index (χ1) is 12.0. The van der Waals surface area contributed by atoms with Gasteiger partial charge in [0.1, 0.15) is 19.8 Å². The van der Waals surface area contributed by atoms with Crippen molar-refractivity contribution in [1.29, 1.82) is 0 Å². The van der Waals surface area contributed by atoms with E-state index < -0.39 is 0 Å². The highest BCUT2D eigenvalue weighted by atomic mass is 35.5. The number of halogens is 1. The Balaban J connectivity index is 1.57. The number of carbonyl (C=O) groups excluding carboxylic acids is 2. The maximum atomic E-state index is 12.0. The fourth-order valence-electron chi connectivity index (χ4n) is 2.66. The Morgan fingerprint density at radius 3 is 2.88 bits per heavy atom. The molecule has 0 spiro atoms. The van der Waals surface area contributed by atoms with Gasteiger partial charge < -0.3 is 24.4 Å². The second kappa shape index (κ2) is 7.65. The predicted octanol–water partition coefficient (Wildman–Crippen LogP) is 2.08. The van der Waals surface area contributed by atoms with Gasteiger partial charge in [0.25, 0.3) is 0 Å². The second-order valence-electron chi connectivity index (χ2n) is 5.83. The number of hydrogen-bond acceptors (Lipinski definition) is 5. The molecule has 0 aromatic heterocycles. The van der Waals surface area contributed by atoms with Crippen molar-refractivity contribution in [2.24, 2.45) is 0 Å². The van der Waals surface area contributed by atoms with Crippen molar-refractivity contribution in [2.45, 2.75) is 13.0 Å². The first-order valence-electron chi connectivity index (χ1n) is 8.02. The Morgan fingerprint density at radius 1 is 1.32 bits per heavy atom. The molecule has 1 aromatic carbocycles. The number of amides is 2. The van der Waals surface area contributed by atoms with Gasteiger partial charge in [0.2, 0.25) is 5.91 Å². The minimum Gasteiger partial charge on any atom is -0.486 e. The average molecular weight is 367 g/mol. The highest BCUT2D eigenvalue weighted by molar-refractivity contribution is 6.32. The van der Waals surface area contributed by atoms with Gasteiger partial charge in [-0.25, -0.2) is 4.79 Å². The van der Waals surface area contributed by atoms with E-state index in [0.717, 1.165) is 5.56 Å². The Kier molecular flexibility index (Phi) is 5.33. The summed E-state index contributed by atoms with van der Waals surface area (Å²) in [5.74, 6) is 0.839. The Bertz CT molecular complexity index is 707. The summed E-state index contributed by atoms with van der Waals surface area (Å²) in [5, 5.41) is 3.25. The largest absolute Gasteiger partial charge is 0.486 e. The van der Waals surface area contributed by atoms with Crippen LogP contribution in [0.4, 0.5) is 4.79 Å². The summed E-state index contributed by atoms with van der Waals surface area (Å²) in [6, 6.07) is 3.29. The van der Waals surface area contributed by atoms with Crippen LogP contribution in [-0.2, 0) is 9.53 Å². The zero-order chi connectivity index (χ0) is 17.8. The van der Waals surface area contributed by atoms with E-state index in [0.29, 0.717) is 49.4 Å². The molecule has 3 rings (SSSR count). The lowest BCUT2D eigenvalue weighted by Gasteiger charge is -2.20. The van der Waals surface area contributed by atoms with E-state index in [2.05, 4.69) is 5.32 Å². The maximum Gasteiger partial charge on any atom is 0.410 e. The number of nitrogens with zero attached hydrogens (tertiary/aromatic N) is 1. The molecule has 1 saturated heterocycles. The molecule has 0 aliphatic carbocycles. The summed E-state index contributed by atoms with van der Waals surface area (Å²) in [6.45, 7) is 4.11. The monoisotopic (exact) mass is 366 g/mol. The molecule has 25 heavy (non-hydrogen) atoms. The topological polar surface area (TPSA) is 77.1 Å². The van der Waals surface area contributed by atoms with Crippen molar-refractivity contribution in [1.82, 2.24) is 10.2 Å². The standard InChI is InChI=1S/C17H19ClN2O5/c1-11(10-20-4-5-25-17(20)22)19-15(21)3-2-12-8-13(18)16-14(9-12)23-6-7-24-16/h2-3,8-9,11H,4-7,10H2,1H3,(H,19,21)/b3-2+/t11-/m0/s1. The number of hydrogen-bond donors (Lipinski definition) is 1. The van der Waals surface area contributed by atoms with Crippen LogP contribution in [0.25, 0.3) is 6.08 Å². The molecule has 8 heteroatoms. The Morgan fingerprint density at radius 2 is 2.12 bits per heavy atom. The number of cyclic esters (lactones) is 1. The quantitative estimate of drug-likeness (QED) is 0.807. The maximum absolute atomic E-state index is 12.0. The molecule has 134 valence electrons. The van der Waals surface area contributed by atoms with Crippen LogP contribution in [-0.4, -0.2) is 55.9 Å². The minimum atomic E-state index is -0.345. The van der Waals surface area contributed by atoms with E-state index >= 15 is 0 Å². The van der Waals surface area contributed by atoms with Crippen LogP contribution in [0, 0.1) is 0 Å². The normalized spacial score (nSPS) is 17.5. The lowest BCUT2D eigenvalue weighted by atomic mass is 10.1. The molecule has 0 bridgehead atoms. The van der Waals surface area contributed by atoms with E-state index in [4.69, 9.17) is 25.8 Å². The van der Waals surface area contributed by atoms with Gasteiger partial charge in [-0.05, 0) is 30.7 Å². The van der Waals surface area contributed by atoms with Gasteiger partial charge in [0, 0.05) is 18.7 Å². The fourth-order valence-corrected chi connectivity index (χ4v) is 2.93. The number of fused-ring (bicyclic) bond motifs is 1. The van der Waals surface area contributed by atoms with E-state index in [-0.39, 0.29) is 18.0 Å². The summed E-state index contributed by atoms with van der Waals surface area (Å²) in [7, 11) is 0. The van der Waals surface area contributed by atoms with Gasteiger partial charge >= 0.3 is 6.09 Å². The molecule has 2 aliphatic heterocycles. The van der Waals surface area contributed by atoms with Crippen molar-refractivity contribution < 1.29 is 23.8 Å². The third-order valence-electron chi connectivity index (χ3n) is 3.77. The number of ether oxygens (including phenoxy) is 3. The van der Waals surface area contributed by atoms with E-state index in [9.17, 15) is 9.59 Å². The van der Waals surface area contributed by atoms with Gasteiger partial charge in [-0.3, -0.25) is 4.79 Å². The first kappa shape index (κ1) is 17.4. The molecule has 1 fully saturated rings. The molecule has 2 amide bonds. The summed E-state index contributed by atoms with van der Waals surface area (Å²) in [6.07, 6.45) is 2.72. The van der Waals surface area contributed by atoms with Crippen LogP contribution < -0.4 is 14.8 Å². The van der Waals surface area contributed by atoms with Crippen LogP contribution in [0.2, 0.25) is 5.02 Å². The van der Waals surface area contributed by atoms with Gasteiger partial charge in [-0.15, -0.1) is 0 Å². The van der Waals surface area contributed by atoms with Crippen LogP contribution in [0.3, 0.4) is 0 Å². The third kappa shape index (κ3) is 4.36. The zero-order valence-electron chi connectivity index (χ0n) is 13.8. The summed E-state index contributed by atoms with van der Waals surface area (Å²) in [5.41, 5.74) is 0.736. The van der Waals surface area contributed by atoms with E-state index in [1.807, 2.05) is 6.92 Å². The number of nitrogens with one attached hydrogen (secondary N) is 1. The van der Waals surface area contributed by atoms with Gasteiger partial charge in [-0.1, -0.05) is 11.6 Å². The smallest absolute Gasteiger partial charge is 0.410 e. The molecule has 0 unspecified atom stereocenters. The van der Waals surface area contributed by atoms with Crippen LogP contribution in [0.1, 0.15) is 12.5 Å². The average Bonchev–Trinajstić information content (AvgIpc) is 2.98. The van der Waals surface area contributed by atoms with E-state index in [1.54, 1.807) is 23.1 Å². The van der Waals surface area contributed by atoms with Crippen LogP contribution >= 0.6 is 11.6 Å². The predicted molar refractivity (Wildman–Crippen MR) is 92.0 cm³/mol. The lowest BCUT2D eigenvalue weighted by molar-refractivity contribution is -0.117. The third-order valence-corrected chi connectivity index (χ3v) is 4.05. The van der Waals surface area contributed by atoms with E-state index in [1.165, 1.54) is 6.08 Å². The van der Waals surface area contributed by atoms with Gasteiger partial charge in [0.05, 0.1) is 11.6 Å². The molecule has 7 nitrogen and oxygen atoms in total. The van der Waals surface area contributed by atoms with Gasteiger partial charge in [-0.2, -0.15) is 0 Å². The molecule has 0 radical (unpaired) electrons. The minimum absolute atomic E-state index is 0.188. The number of rotatable bonds is 5. The molecule has 2 heterocycles. The summed E-state index contributed by atoms with van der Waals surface area (Å²) in [4.78, 5) is 25.0. The fraction of sp³-hybridized carbons (Fsp3) is 0.412. The van der Waals surface area contributed by atoms with Crippen molar-refractivity contribution in [3.63, 3.8) is 0 Å². The van der Waals surface area contributed by atoms with Crippen LogP contribution in [0.5, 0.6) is 11.5 Å². The van der Waals surface area contributed by atoms with Gasteiger partial charge in [0.15, 0.2) is 11.5 Å². The second-order valence-corrected chi connectivity index (χ2v) is 6.24.